The van der Waals surface area contributed by atoms with Crippen molar-refractivity contribution in [2.45, 2.75) is 33.4 Å². The number of nitrogens with one attached hydrogen (secondary N) is 1. The predicted molar refractivity (Wildman–Crippen MR) is 124 cm³/mol. The summed E-state index contributed by atoms with van der Waals surface area (Å²) >= 11 is 1.54. The SMILES string of the molecule is CCOC(=O)c1c(C)oc2ncn(CC(=O)NC(c3ccc(C)cc3)c3cccs3)c(=O)c12. The second-order valence-corrected chi connectivity index (χ2v) is 8.52. The number of amides is 1. The summed E-state index contributed by atoms with van der Waals surface area (Å²) in [7, 11) is 0. The summed E-state index contributed by atoms with van der Waals surface area (Å²) in [5.74, 6) is -0.783. The third-order valence-electron chi connectivity index (χ3n) is 5.19. The van der Waals surface area contributed by atoms with Crippen LogP contribution in [0.2, 0.25) is 0 Å². The van der Waals surface area contributed by atoms with Crippen LogP contribution in [0.3, 0.4) is 0 Å². The minimum atomic E-state index is -0.660. The van der Waals surface area contributed by atoms with Gasteiger partial charge in [0.2, 0.25) is 11.6 Å². The van der Waals surface area contributed by atoms with Gasteiger partial charge >= 0.3 is 5.97 Å². The summed E-state index contributed by atoms with van der Waals surface area (Å²) in [5, 5.41) is 4.97. The maximum atomic E-state index is 13.1. The summed E-state index contributed by atoms with van der Waals surface area (Å²) in [6.07, 6.45) is 1.24. The number of aromatic nitrogens is 2. The van der Waals surface area contributed by atoms with Crippen molar-refractivity contribution in [3.05, 3.63) is 85.8 Å². The Labute approximate surface area is 193 Å². The second kappa shape index (κ2) is 9.41. The summed E-state index contributed by atoms with van der Waals surface area (Å²) in [6.45, 7) is 5.14. The van der Waals surface area contributed by atoms with E-state index in [0.717, 1.165) is 20.6 Å². The number of carbonyl (C=O) groups excluding carboxylic acids is 2. The van der Waals surface area contributed by atoms with Crippen molar-refractivity contribution in [1.29, 1.82) is 0 Å². The van der Waals surface area contributed by atoms with Gasteiger partial charge in [-0.15, -0.1) is 11.3 Å². The standard InChI is InChI=1S/C24H23N3O5S/c1-4-31-24(30)19-15(3)32-22-20(19)23(29)27(13-25-22)12-18(28)26-21(17-6-5-11-33-17)16-9-7-14(2)8-10-16/h5-11,13,21H,4,12H2,1-3H3,(H,26,28). The van der Waals surface area contributed by atoms with Crippen LogP contribution in [0.1, 0.15) is 45.1 Å². The first-order valence-electron chi connectivity index (χ1n) is 10.4. The molecule has 0 bridgehead atoms. The highest BCUT2D eigenvalue weighted by molar-refractivity contribution is 7.10. The Morgan fingerprint density at radius 1 is 1.21 bits per heavy atom. The number of furan rings is 1. The highest BCUT2D eigenvalue weighted by Crippen LogP contribution is 2.26. The first kappa shape index (κ1) is 22.5. The molecular weight excluding hydrogens is 442 g/mol. The zero-order chi connectivity index (χ0) is 23.5. The van der Waals surface area contributed by atoms with Gasteiger partial charge in [-0.25, -0.2) is 9.78 Å². The molecule has 9 heteroatoms. The zero-order valence-corrected chi connectivity index (χ0v) is 19.3. The molecule has 0 aliphatic rings. The Kier molecular flexibility index (Phi) is 6.41. The van der Waals surface area contributed by atoms with Gasteiger partial charge in [0, 0.05) is 4.88 Å². The van der Waals surface area contributed by atoms with Gasteiger partial charge in [0.1, 0.15) is 29.6 Å². The molecule has 1 atom stereocenters. The lowest BCUT2D eigenvalue weighted by molar-refractivity contribution is -0.122. The maximum Gasteiger partial charge on any atom is 0.342 e. The Hall–Kier alpha value is -3.72. The van der Waals surface area contributed by atoms with Crippen LogP contribution in [0.5, 0.6) is 0 Å². The van der Waals surface area contributed by atoms with E-state index in [0.29, 0.717) is 0 Å². The highest BCUT2D eigenvalue weighted by Gasteiger charge is 2.25. The molecule has 0 saturated heterocycles. The number of carbonyl (C=O) groups is 2. The number of hydrogen-bond donors (Lipinski definition) is 1. The van der Waals surface area contributed by atoms with Crippen LogP contribution >= 0.6 is 11.3 Å². The lowest BCUT2D eigenvalue weighted by Gasteiger charge is -2.18. The Balaban J connectivity index is 1.63. The molecule has 1 N–H and O–H groups in total. The van der Waals surface area contributed by atoms with Crippen LogP contribution in [0.15, 0.2) is 57.3 Å². The molecule has 0 fully saturated rings. The van der Waals surface area contributed by atoms with Crippen molar-refractivity contribution in [1.82, 2.24) is 14.9 Å². The fourth-order valence-electron chi connectivity index (χ4n) is 3.59. The number of ether oxygens (including phenoxy) is 1. The molecule has 4 rings (SSSR count). The Morgan fingerprint density at radius 2 is 1.97 bits per heavy atom. The molecule has 0 aliphatic carbocycles. The minimum absolute atomic E-state index is 0.00888. The molecule has 0 spiro atoms. The average Bonchev–Trinajstić information content (AvgIpc) is 3.43. The van der Waals surface area contributed by atoms with Crippen LogP contribution in [0.25, 0.3) is 11.1 Å². The number of esters is 1. The first-order valence-corrected chi connectivity index (χ1v) is 11.3. The molecule has 8 nitrogen and oxygen atoms in total. The number of aryl methyl sites for hydroxylation is 2. The first-order chi connectivity index (χ1) is 15.9. The molecule has 1 aromatic carbocycles. The molecule has 1 amide bonds. The highest BCUT2D eigenvalue weighted by atomic mass is 32.1. The largest absolute Gasteiger partial charge is 0.462 e. The van der Waals surface area contributed by atoms with Gasteiger partial charge in [-0.2, -0.15) is 0 Å². The summed E-state index contributed by atoms with van der Waals surface area (Å²) < 4.78 is 11.7. The number of benzene rings is 1. The molecule has 0 aliphatic heterocycles. The van der Waals surface area contributed by atoms with Gasteiger partial charge < -0.3 is 14.5 Å². The number of nitrogens with zero attached hydrogens (tertiary/aromatic N) is 2. The zero-order valence-electron chi connectivity index (χ0n) is 18.5. The second-order valence-electron chi connectivity index (χ2n) is 7.54. The van der Waals surface area contributed by atoms with Crippen molar-refractivity contribution in [2.75, 3.05) is 6.61 Å². The molecule has 3 aromatic heterocycles. The molecule has 170 valence electrons. The molecule has 0 saturated carbocycles. The molecule has 33 heavy (non-hydrogen) atoms. The summed E-state index contributed by atoms with van der Waals surface area (Å²) in [5.41, 5.74) is 1.59. The van der Waals surface area contributed by atoms with Gasteiger partial charge in [0.25, 0.3) is 5.56 Å². The van der Waals surface area contributed by atoms with E-state index in [4.69, 9.17) is 9.15 Å². The normalized spacial score (nSPS) is 12.0. The minimum Gasteiger partial charge on any atom is -0.462 e. The summed E-state index contributed by atoms with van der Waals surface area (Å²) in [6, 6.07) is 11.4. The van der Waals surface area contributed by atoms with Gasteiger partial charge in [0.15, 0.2) is 0 Å². The monoisotopic (exact) mass is 465 g/mol. The number of rotatable bonds is 7. The fourth-order valence-corrected chi connectivity index (χ4v) is 4.40. The van der Waals surface area contributed by atoms with E-state index in [1.165, 1.54) is 17.7 Å². The third kappa shape index (κ3) is 4.58. The third-order valence-corrected chi connectivity index (χ3v) is 6.13. The molecule has 0 radical (unpaired) electrons. The van der Waals surface area contributed by atoms with Crippen LogP contribution in [0, 0.1) is 13.8 Å². The van der Waals surface area contributed by atoms with Crippen molar-refractivity contribution in [3.8, 4) is 0 Å². The van der Waals surface area contributed by atoms with E-state index in [-0.39, 0.29) is 47.5 Å². The van der Waals surface area contributed by atoms with Crippen LogP contribution in [-0.2, 0) is 16.1 Å². The molecular formula is C24H23N3O5S. The summed E-state index contributed by atoms with van der Waals surface area (Å²) in [4.78, 5) is 43.5. The predicted octanol–water partition coefficient (Wildman–Crippen LogP) is 3.75. The van der Waals surface area contributed by atoms with Crippen LogP contribution in [0.4, 0.5) is 0 Å². The fraction of sp³-hybridized carbons (Fsp3) is 0.250. The number of hydrogen-bond acceptors (Lipinski definition) is 7. The molecule has 3 heterocycles. The quantitative estimate of drug-likeness (QED) is 0.417. The van der Waals surface area contributed by atoms with Crippen LogP contribution < -0.4 is 10.9 Å². The van der Waals surface area contributed by atoms with Crippen LogP contribution in [-0.4, -0.2) is 28.0 Å². The van der Waals surface area contributed by atoms with E-state index < -0.39 is 11.5 Å². The van der Waals surface area contributed by atoms with E-state index >= 15 is 0 Å². The van der Waals surface area contributed by atoms with Crippen molar-refractivity contribution >= 4 is 34.3 Å². The van der Waals surface area contributed by atoms with Gasteiger partial charge in [-0.3, -0.25) is 14.2 Å². The maximum absolute atomic E-state index is 13.1. The Bertz CT molecular complexity index is 1350. The van der Waals surface area contributed by atoms with Gasteiger partial charge in [0.05, 0.1) is 12.6 Å². The average molecular weight is 466 g/mol. The smallest absolute Gasteiger partial charge is 0.342 e. The number of thiophene rings is 1. The van der Waals surface area contributed by atoms with Crippen molar-refractivity contribution in [3.63, 3.8) is 0 Å². The number of fused-ring (bicyclic) bond motifs is 1. The van der Waals surface area contributed by atoms with Crippen molar-refractivity contribution in [2.24, 2.45) is 0 Å². The van der Waals surface area contributed by atoms with E-state index in [1.807, 2.05) is 48.7 Å². The van der Waals surface area contributed by atoms with Crippen molar-refractivity contribution < 1.29 is 18.7 Å². The Morgan fingerprint density at radius 3 is 2.64 bits per heavy atom. The van der Waals surface area contributed by atoms with E-state index in [1.54, 1.807) is 13.8 Å². The topological polar surface area (TPSA) is 103 Å². The van der Waals surface area contributed by atoms with Gasteiger partial charge in [-0.05, 0) is 37.8 Å². The van der Waals surface area contributed by atoms with Gasteiger partial charge in [-0.1, -0.05) is 35.9 Å². The molecule has 4 aromatic rings. The van der Waals surface area contributed by atoms with E-state index in [2.05, 4.69) is 10.3 Å². The lowest BCUT2D eigenvalue weighted by Crippen LogP contribution is -2.35. The molecule has 1 unspecified atom stereocenters. The van der Waals surface area contributed by atoms with E-state index in [9.17, 15) is 14.4 Å². The lowest BCUT2D eigenvalue weighted by atomic mass is 10.0.